The van der Waals surface area contributed by atoms with Crippen LogP contribution in [0.4, 0.5) is 5.69 Å². The molecule has 1 aliphatic heterocycles. The minimum absolute atomic E-state index is 0.222. The van der Waals surface area contributed by atoms with Crippen molar-refractivity contribution in [2.75, 3.05) is 31.2 Å². The first-order chi connectivity index (χ1) is 19.3. The minimum atomic E-state index is -0.833. The summed E-state index contributed by atoms with van der Waals surface area (Å²) < 4.78 is 11.6. The molecule has 1 unspecified atom stereocenters. The minimum Gasteiger partial charge on any atom is -0.455 e. The fourth-order valence-corrected chi connectivity index (χ4v) is 6.47. The highest BCUT2D eigenvalue weighted by molar-refractivity contribution is 7.10. The molecular weight excluding hydrogens is 522 g/mol. The lowest BCUT2D eigenvalue weighted by Gasteiger charge is -2.33. The normalized spacial score (nSPS) is 17.9. The molecule has 2 aliphatic rings. The number of furan rings is 1. The SMILES string of the molecule is CC(C)(C)NC(=O)C(c1cccs1)N(C(=O)c1ccc(CN2CCOCC2)o1)c1ccc(C2CCCCC2)cc1. The van der Waals surface area contributed by atoms with E-state index in [-0.39, 0.29) is 17.6 Å². The van der Waals surface area contributed by atoms with Crippen LogP contribution in [-0.4, -0.2) is 48.6 Å². The topological polar surface area (TPSA) is 75.0 Å². The molecule has 1 N–H and O–H groups in total. The van der Waals surface area contributed by atoms with Crippen molar-refractivity contribution in [2.45, 2.75) is 76.9 Å². The number of carbonyl (C=O) groups is 2. The van der Waals surface area contributed by atoms with E-state index in [0.717, 1.165) is 23.7 Å². The quantitative estimate of drug-likeness (QED) is 0.338. The molecule has 0 bridgehead atoms. The molecule has 1 aromatic carbocycles. The van der Waals surface area contributed by atoms with Gasteiger partial charge in [0.2, 0.25) is 5.91 Å². The number of amides is 2. The lowest BCUT2D eigenvalue weighted by molar-refractivity contribution is -0.123. The maximum absolute atomic E-state index is 14.3. The number of anilines is 1. The maximum atomic E-state index is 14.3. The van der Waals surface area contributed by atoms with Crippen LogP contribution in [0.1, 0.15) is 91.6 Å². The number of nitrogens with one attached hydrogen (secondary N) is 1. The Bertz CT molecular complexity index is 1250. The van der Waals surface area contributed by atoms with Crippen molar-refractivity contribution < 1.29 is 18.7 Å². The van der Waals surface area contributed by atoms with Crippen LogP contribution in [-0.2, 0) is 16.1 Å². The van der Waals surface area contributed by atoms with Gasteiger partial charge in [0.1, 0.15) is 5.76 Å². The molecule has 7 nitrogen and oxygen atoms in total. The summed E-state index contributed by atoms with van der Waals surface area (Å²) in [6.07, 6.45) is 6.22. The van der Waals surface area contributed by atoms with Gasteiger partial charge >= 0.3 is 0 Å². The van der Waals surface area contributed by atoms with Crippen LogP contribution in [0.3, 0.4) is 0 Å². The van der Waals surface area contributed by atoms with E-state index in [0.29, 0.717) is 31.4 Å². The Morgan fingerprint density at radius 3 is 2.40 bits per heavy atom. The second-order valence-corrected chi connectivity index (χ2v) is 12.9. The van der Waals surface area contributed by atoms with Gasteiger partial charge in [0.25, 0.3) is 5.91 Å². The molecule has 2 aromatic heterocycles. The molecule has 0 radical (unpaired) electrons. The number of hydrogen-bond acceptors (Lipinski definition) is 6. The van der Waals surface area contributed by atoms with Crippen LogP contribution in [0.2, 0.25) is 0 Å². The van der Waals surface area contributed by atoms with E-state index in [1.165, 1.54) is 49.0 Å². The molecule has 2 fully saturated rings. The number of ether oxygens (including phenoxy) is 1. The number of morpholine rings is 1. The van der Waals surface area contributed by atoms with E-state index in [4.69, 9.17) is 9.15 Å². The molecule has 40 heavy (non-hydrogen) atoms. The summed E-state index contributed by atoms with van der Waals surface area (Å²) in [4.78, 5) is 32.8. The summed E-state index contributed by atoms with van der Waals surface area (Å²) >= 11 is 1.47. The molecule has 5 rings (SSSR count). The standard InChI is InChI=1S/C32H41N3O4S/c1-32(2,3)33-30(36)29(28-10-7-21-40-28)35(25-13-11-24(12-14-25)23-8-5-4-6-9-23)31(37)27-16-15-26(39-27)22-34-17-19-38-20-18-34/h7,10-16,21,23,29H,4-6,8-9,17-20,22H2,1-3H3,(H,33,36). The van der Waals surface area contributed by atoms with Crippen LogP contribution < -0.4 is 10.2 Å². The van der Waals surface area contributed by atoms with Gasteiger partial charge in [-0.05, 0) is 80.8 Å². The first kappa shape index (κ1) is 28.6. The summed E-state index contributed by atoms with van der Waals surface area (Å²) in [7, 11) is 0. The Morgan fingerprint density at radius 2 is 1.75 bits per heavy atom. The molecule has 1 saturated carbocycles. The summed E-state index contributed by atoms with van der Waals surface area (Å²) in [6.45, 7) is 9.52. The number of hydrogen-bond donors (Lipinski definition) is 1. The zero-order chi connectivity index (χ0) is 28.1. The van der Waals surface area contributed by atoms with Gasteiger partial charge in [-0.1, -0.05) is 37.5 Å². The second kappa shape index (κ2) is 12.7. The maximum Gasteiger partial charge on any atom is 0.295 e. The van der Waals surface area contributed by atoms with Crippen molar-refractivity contribution in [2.24, 2.45) is 0 Å². The number of nitrogens with zero attached hydrogens (tertiary/aromatic N) is 2. The molecule has 1 aliphatic carbocycles. The molecule has 1 saturated heterocycles. The van der Waals surface area contributed by atoms with E-state index in [1.807, 2.05) is 56.5 Å². The van der Waals surface area contributed by atoms with E-state index >= 15 is 0 Å². The average Bonchev–Trinajstić information content (AvgIpc) is 3.64. The predicted molar refractivity (Wildman–Crippen MR) is 159 cm³/mol. The van der Waals surface area contributed by atoms with Crippen LogP contribution in [0.25, 0.3) is 0 Å². The number of benzene rings is 1. The number of thiophene rings is 1. The van der Waals surface area contributed by atoms with Crippen molar-refractivity contribution >= 4 is 28.8 Å². The molecule has 2 amide bonds. The van der Waals surface area contributed by atoms with Crippen LogP contribution in [0.15, 0.2) is 58.3 Å². The highest BCUT2D eigenvalue weighted by Gasteiger charge is 2.37. The van der Waals surface area contributed by atoms with Crippen LogP contribution in [0, 0.1) is 0 Å². The van der Waals surface area contributed by atoms with E-state index in [9.17, 15) is 9.59 Å². The van der Waals surface area contributed by atoms with Crippen molar-refractivity contribution in [1.29, 1.82) is 0 Å². The highest BCUT2D eigenvalue weighted by Crippen LogP contribution is 2.36. The van der Waals surface area contributed by atoms with Crippen molar-refractivity contribution in [3.05, 3.63) is 75.9 Å². The number of carbonyl (C=O) groups excluding carboxylic acids is 2. The number of rotatable bonds is 8. The summed E-state index contributed by atoms with van der Waals surface area (Å²) in [5.41, 5.74) is 1.52. The summed E-state index contributed by atoms with van der Waals surface area (Å²) in [6, 6.07) is 14.8. The molecular formula is C32H41N3O4S. The fourth-order valence-electron chi connectivity index (χ4n) is 5.66. The summed E-state index contributed by atoms with van der Waals surface area (Å²) in [5.74, 6) is 0.951. The third-order valence-corrected chi connectivity index (χ3v) is 8.56. The largest absolute Gasteiger partial charge is 0.455 e. The molecule has 0 spiro atoms. The predicted octanol–water partition coefficient (Wildman–Crippen LogP) is 6.52. The zero-order valence-corrected chi connectivity index (χ0v) is 24.7. The third-order valence-electron chi connectivity index (χ3n) is 7.64. The van der Waals surface area contributed by atoms with Gasteiger partial charge in [-0.2, -0.15) is 0 Å². The van der Waals surface area contributed by atoms with E-state index < -0.39 is 11.6 Å². The lowest BCUT2D eigenvalue weighted by atomic mass is 9.84. The second-order valence-electron chi connectivity index (χ2n) is 11.9. The smallest absolute Gasteiger partial charge is 0.295 e. The molecule has 3 aromatic rings. The van der Waals surface area contributed by atoms with E-state index in [1.54, 1.807) is 11.0 Å². The summed E-state index contributed by atoms with van der Waals surface area (Å²) in [5, 5.41) is 5.05. The van der Waals surface area contributed by atoms with Crippen molar-refractivity contribution in [3.8, 4) is 0 Å². The first-order valence-corrected chi connectivity index (χ1v) is 15.3. The molecule has 8 heteroatoms. The van der Waals surface area contributed by atoms with Gasteiger partial charge in [-0.3, -0.25) is 19.4 Å². The third kappa shape index (κ3) is 7.03. The van der Waals surface area contributed by atoms with Gasteiger partial charge < -0.3 is 14.5 Å². The average molecular weight is 564 g/mol. The highest BCUT2D eigenvalue weighted by atomic mass is 32.1. The van der Waals surface area contributed by atoms with Gasteiger partial charge in [-0.15, -0.1) is 11.3 Å². The Hall–Kier alpha value is -2.94. The Kier molecular flexibility index (Phi) is 9.08. The van der Waals surface area contributed by atoms with Crippen LogP contribution >= 0.6 is 11.3 Å². The van der Waals surface area contributed by atoms with Crippen LogP contribution in [0.5, 0.6) is 0 Å². The van der Waals surface area contributed by atoms with Gasteiger partial charge in [0.15, 0.2) is 11.8 Å². The Labute approximate surface area is 241 Å². The van der Waals surface area contributed by atoms with Gasteiger partial charge in [0, 0.05) is 29.2 Å². The Morgan fingerprint density at radius 1 is 1.02 bits per heavy atom. The lowest BCUT2D eigenvalue weighted by Crippen LogP contribution is -2.49. The van der Waals surface area contributed by atoms with Crippen molar-refractivity contribution in [3.63, 3.8) is 0 Å². The molecule has 1 atom stereocenters. The molecule has 3 heterocycles. The monoisotopic (exact) mass is 563 g/mol. The van der Waals surface area contributed by atoms with Gasteiger partial charge in [-0.25, -0.2) is 0 Å². The fraction of sp³-hybridized carbons (Fsp3) is 0.500. The van der Waals surface area contributed by atoms with E-state index in [2.05, 4.69) is 22.3 Å². The zero-order valence-electron chi connectivity index (χ0n) is 23.9. The first-order valence-electron chi connectivity index (χ1n) is 14.5. The van der Waals surface area contributed by atoms with Gasteiger partial charge in [0.05, 0.1) is 19.8 Å². The molecule has 214 valence electrons. The van der Waals surface area contributed by atoms with Crippen molar-refractivity contribution in [1.82, 2.24) is 10.2 Å². The Balaban J connectivity index is 1.49.